The molecule has 1 aromatic heterocycles. The van der Waals surface area contributed by atoms with Crippen LogP contribution in [-0.4, -0.2) is 17.6 Å². The summed E-state index contributed by atoms with van der Waals surface area (Å²) in [5.74, 6) is -0.329. The van der Waals surface area contributed by atoms with E-state index in [0.29, 0.717) is 17.9 Å². The van der Waals surface area contributed by atoms with E-state index in [9.17, 15) is 4.79 Å². The van der Waals surface area contributed by atoms with Gasteiger partial charge in [-0.15, -0.1) is 0 Å². The fraction of sp³-hybridized carbons (Fsp3) is 0.333. The number of carbonyl (C=O) groups is 1. The monoisotopic (exact) mass is 283 g/mol. The van der Waals surface area contributed by atoms with Gasteiger partial charge in [0.15, 0.2) is 0 Å². The van der Waals surface area contributed by atoms with Crippen molar-refractivity contribution in [2.75, 3.05) is 6.61 Å². The Hall–Kier alpha value is -2.16. The first-order valence-electron chi connectivity index (χ1n) is 7.17. The highest BCUT2D eigenvalue weighted by molar-refractivity contribution is 5.96. The van der Waals surface area contributed by atoms with Gasteiger partial charge < -0.3 is 4.74 Å². The molecule has 0 saturated carbocycles. The van der Waals surface area contributed by atoms with E-state index >= 15 is 0 Å². The molecule has 2 aromatic rings. The molecule has 0 amide bonds. The van der Waals surface area contributed by atoms with Crippen LogP contribution in [0.15, 0.2) is 42.5 Å². The van der Waals surface area contributed by atoms with Gasteiger partial charge in [-0.1, -0.05) is 51.1 Å². The Bertz CT molecular complexity index is 627. The van der Waals surface area contributed by atoms with E-state index in [1.165, 1.54) is 0 Å². The van der Waals surface area contributed by atoms with Crippen LogP contribution >= 0.6 is 0 Å². The second kappa shape index (κ2) is 6.08. The lowest BCUT2D eigenvalue weighted by atomic mass is 9.90. The van der Waals surface area contributed by atoms with Crippen LogP contribution in [0.5, 0.6) is 0 Å². The third-order valence-electron chi connectivity index (χ3n) is 3.21. The lowest BCUT2D eigenvalue weighted by Crippen LogP contribution is -2.16. The minimum absolute atomic E-state index is 0.0727. The number of ether oxygens (including phenoxy) is 1. The van der Waals surface area contributed by atoms with E-state index in [1.807, 2.05) is 42.5 Å². The maximum atomic E-state index is 12.1. The third-order valence-corrected chi connectivity index (χ3v) is 3.21. The fourth-order valence-electron chi connectivity index (χ4n) is 2.07. The SMILES string of the molecule is CCOC(=O)c1ccc(C(C)(C)C)nc1-c1ccccc1. The van der Waals surface area contributed by atoms with Crippen molar-refractivity contribution in [2.45, 2.75) is 33.1 Å². The molecular formula is C18H21NO2. The number of aromatic nitrogens is 1. The van der Waals surface area contributed by atoms with E-state index in [2.05, 4.69) is 20.8 Å². The summed E-state index contributed by atoms with van der Waals surface area (Å²) in [6, 6.07) is 13.5. The summed E-state index contributed by atoms with van der Waals surface area (Å²) in [5, 5.41) is 0. The molecule has 21 heavy (non-hydrogen) atoms. The van der Waals surface area contributed by atoms with Crippen molar-refractivity contribution in [3.8, 4) is 11.3 Å². The Balaban J connectivity index is 2.59. The van der Waals surface area contributed by atoms with Gasteiger partial charge in [0.05, 0.1) is 17.9 Å². The Kier molecular flexibility index (Phi) is 4.41. The first-order valence-corrected chi connectivity index (χ1v) is 7.17. The first-order chi connectivity index (χ1) is 9.93. The Morgan fingerprint density at radius 1 is 1.10 bits per heavy atom. The van der Waals surface area contributed by atoms with Crippen LogP contribution in [0.1, 0.15) is 43.7 Å². The van der Waals surface area contributed by atoms with Gasteiger partial charge in [0.25, 0.3) is 0 Å². The number of nitrogens with zero attached hydrogens (tertiary/aromatic N) is 1. The molecule has 0 aliphatic rings. The highest BCUT2D eigenvalue weighted by atomic mass is 16.5. The maximum absolute atomic E-state index is 12.1. The molecular weight excluding hydrogens is 262 g/mol. The summed E-state index contributed by atoms with van der Waals surface area (Å²) >= 11 is 0. The van der Waals surface area contributed by atoms with Gasteiger partial charge in [0, 0.05) is 16.7 Å². The normalized spacial score (nSPS) is 11.2. The molecule has 0 bridgehead atoms. The molecule has 0 radical (unpaired) electrons. The number of esters is 1. The summed E-state index contributed by atoms with van der Waals surface area (Å²) in [6.45, 7) is 8.47. The quantitative estimate of drug-likeness (QED) is 0.792. The average molecular weight is 283 g/mol. The third kappa shape index (κ3) is 3.48. The van der Waals surface area contributed by atoms with Gasteiger partial charge in [0.2, 0.25) is 0 Å². The Morgan fingerprint density at radius 2 is 1.76 bits per heavy atom. The summed E-state index contributed by atoms with van der Waals surface area (Å²) in [7, 11) is 0. The highest BCUT2D eigenvalue weighted by Crippen LogP contribution is 2.27. The second-order valence-corrected chi connectivity index (χ2v) is 5.93. The molecule has 2 rings (SSSR count). The molecule has 0 spiro atoms. The number of rotatable bonds is 3. The van der Waals surface area contributed by atoms with Crippen molar-refractivity contribution in [3.05, 3.63) is 53.7 Å². The molecule has 0 aliphatic heterocycles. The molecule has 1 heterocycles. The summed E-state index contributed by atoms with van der Waals surface area (Å²) in [4.78, 5) is 16.9. The molecule has 0 atom stereocenters. The van der Waals surface area contributed by atoms with Crippen molar-refractivity contribution in [1.29, 1.82) is 0 Å². The Morgan fingerprint density at radius 3 is 2.33 bits per heavy atom. The molecule has 0 unspecified atom stereocenters. The summed E-state index contributed by atoms with van der Waals surface area (Å²) in [6.07, 6.45) is 0. The van der Waals surface area contributed by atoms with Crippen molar-refractivity contribution < 1.29 is 9.53 Å². The lowest BCUT2D eigenvalue weighted by molar-refractivity contribution is 0.0527. The molecule has 1 aromatic carbocycles. The van der Waals surface area contributed by atoms with Gasteiger partial charge in [-0.05, 0) is 19.1 Å². The molecule has 110 valence electrons. The zero-order chi connectivity index (χ0) is 15.5. The molecule has 0 aliphatic carbocycles. The number of carbonyl (C=O) groups excluding carboxylic acids is 1. The van der Waals surface area contributed by atoms with E-state index in [-0.39, 0.29) is 11.4 Å². The van der Waals surface area contributed by atoms with Crippen LogP contribution in [0.4, 0.5) is 0 Å². The summed E-state index contributed by atoms with van der Waals surface area (Å²) < 4.78 is 5.14. The van der Waals surface area contributed by atoms with E-state index in [0.717, 1.165) is 11.3 Å². The zero-order valence-corrected chi connectivity index (χ0v) is 13.0. The van der Waals surface area contributed by atoms with Crippen molar-refractivity contribution in [3.63, 3.8) is 0 Å². The smallest absolute Gasteiger partial charge is 0.340 e. The topological polar surface area (TPSA) is 39.2 Å². The van der Waals surface area contributed by atoms with Gasteiger partial charge in [-0.2, -0.15) is 0 Å². The van der Waals surface area contributed by atoms with Crippen LogP contribution in [0.3, 0.4) is 0 Å². The van der Waals surface area contributed by atoms with Gasteiger partial charge in [-0.3, -0.25) is 4.98 Å². The van der Waals surface area contributed by atoms with Crippen LogP contribution in [0, 0.1) is 0 Å². The second-order valence-electron chi connectivity index (χ2n) is 5.93. The molecule has 3 heteroatoms. The lowest BCUT2D eigenvalue weighted by Gasteiger charge is -2.20. The predicted molar refractivity (Wildman–Crippen MR) is 84.3 cm³/mol. The molecule has 0 fully saturated rings. The largest absolute Gasteiger partial charge is 0.462 e. The van der Waals surface area contributed by atoms with E-state index in [1.54, 1.807) is 6.92 Å². The number of benzene rings is 1. The van der Waals surface area contributed by atoms with Crippen LogP contribution in [0.25, 0.3) is 11.3 Å². The molecule has 3 nitrogen and oxygen atoms in total. The standard InChI is InChI=1S/C18H21NO2/c1-5-21-17(20)14-11-12-15(18(2,3)4)19-16(14)13-9-7-6-8-10-13/h6-12H,5H2,1-4H3. The number of pyridine rings is 1. The minimum atomic E-state index is -0.329. The van der Waals surface area contributed by atoms with Crippen molar-refractivity contribution >= 4 is 5.97 Å². The first kappa shape index (κ1) is 15.2. The predicted octanol–water partition coefficient (Wildman–Crippen LogP) is 4.22. The highest BCUT2D eigenvalue weighted by Gasteiger charge is 2.21. The van der Waals surface area contributed by atoms with Crippen molar-refractivity contribution in [2.24, 2.45) is 0 Å². The number of hydrogen-bond donors (Lipinski definition) is 0. The Labute approximate surface area is 126 Å². The zero-order valence-electron chi connectivity index (χ0n) is 13.0. The van der Waals surface area contributed by atoms with Crippen molar-refractivity contribution in [1.82, 2.24) is 4.98 Å². The average Bonchev–Trinajstić information content (AvgIpc) is 2.47. The van der Waals surface area contributed by atoms with Gasteiger partial charge >= 0.3 is 5.97 Å². The maximum Gasteiger partial charge on any atom is 0.340 e. The molecule has 0 N–H and O–H groups in total. The van der Waals surface area contributed by atoms with Crippen LogP contribution in [-0.2, 0) is 10.2 Å². The van der Waals surface area contributed by atoms with E-state index < -0.39 is 0 Å². The fourth-order valence-corrected chi connectivity index (χ4v) is 2.07. The summed E-state index contributed by atoms with van der Waals surface area (Å²) in [5.41, 5.74) is 3.00. The van der Waals surface area contributed by atoms with Crippen LogP contribution in [0.2, 0.25) is 0 Å². The minimum Gasteiger partial charge on any atom is -0.462 e. The van der Waals surface area contributed by atoms with Crippen LogP contribution < -0.4 is 0 Å². The van der Waals surface area contributed by atoms with E-state index in [4.69, 9.17) is 9.72 Å². The molecule has 0 saturated heterocycles. The van der Waals surface area contributed by atoms with Gasteiger partial charge in [0.1, 0.15) is 0 Å². The number of hydrogen-bond acceptors (Lipinski definition) is 3. The van der Waals surface area contributed by atoms with Gasteiger partial charge in [-0.25, -0.2) is 4.79 Å².